The fourth-order valence-electron chi connectivity index (χ4n) is 3.94. The van der Waals surface area contributed by atoms with Crippen molar-refractivity contribution in [2.24, 2.45) is 0 Å². The highest BCUT2D eigenvalue weighted by Gasteiger charge is 2.24. The first-order valence-electron chi connectivity index (χ1n) is 8.68. The van der Waals surface area contributed by atoms with Crippen LogP contribution in [0.5, 0.6) is 0 Å². The van der Waals surface area contributed by atoms with E-state index in [1.54, 1.807) is 6.07 Å². The molecule has 1 heterocycles. The second-order valence-corrected chi connectivity index (χ2v) is 7.04. The maximum atomic E-state index is 14.8. The number of pyridine rings is 1. The van der Waals surface area contributed by atoms with Crippen molar-refractivity contribution >= 4 is 22.5 Å². The van der Waals surface area contributed by atoms with E-state index >= 15 is 0 Å². The molecule has 5 rings (SSSR count). The van der Waals surface area contributed by atoms with Crippen molar-refractivity contribution in [3.05, 3.63) is 88.8 Å². The molecule has 26 heavy (non-hydrogen) atoms. The second kappa shape index (κ2) is 5.93. The number of hydrogen-bond acceptors (Lipinski definition) is 1. The van der Waals surface area contributed by atoms with Gasteiger partial charge in [0, 0.05) is 32.8 Å². The minimum atomic E-state index is -0.231. The van der Waals surface area contributed by atoms with E-state index in [-0.39, 0.29) is 5.82 Å². The van der Waals surface area contributed by atoms with E-state index in [4.69, 9.17) is 16.6 Å². The lowest BCUT2D eigenvalue weighted by Crippen LogP contribution is -2.08. The van der Waals surface area contributed by atoms with Gasteiger partial charge in [-0.3, -0.25) is 4.98 Å². The van der Waals surface area contributed by atoms with Crippen LogP contribution in [-0.2, 0) is 12.8 Å². The molecule has 0 unspecified atom stereocenters. The van der Waals surface area contributed by atoms with Gasteiger partial charge in [-0.1, -0.05) is 54.1 Å². The Morgan fingerprint density at radius 3 is 2.42 bits per heavy atom. The van der Waals surface area contributed by atoms with E-state index in [0.29, 0.717) is 10.6 Å². The van der Waals surface area contributed by atoms with Gasteiger partial charge in [-0.2, -0.15) is 0 Å². The molecule has 3 aromatic carbocycles. The quantitative estimate of drug-likeness (QED) is 0.380. The van der Waals surface area contributed by atoms with Gasteiger partial charge >= 0.3 is 0 Å². The molecule has 4 aromatic rings. The zero-order chi connectivity index (χ0) is 17.7. The Morgan fingerprint density at radius 2 is 1.58 bits per heavy atom. The SMILES string of the molecule is Fc1ccccc1-c1c2c(nc3ccc(Cl)cc13)CCc1ccccc1-2. The van der Waals surface area contributed by atoms with Gasteiger partial charge < -0.3 is 0 Å². The van der Waals surface area contributed by atoms with Crippen LogP contribution in [0.25, 0.3) is 33.2 Å². The van der Waals surface area contributed by atoms with Crippen molar-refractivity contribution in [3.63, 3.8) is 0 Å². The van der Waals surface area contributed by atoms with E-state index < -0.39 is 0 Å². The molecule has 0 fully saturated rings. The van der Waals surface area contributed by atoms with Crippen LogP contribution >= 0.6 is 11.6 Å². The fraction of sp³-hybridized carbons (Fsp3) is 0.0870. The first-order valence-corrected chi connectivity index (χ1v) is 9.05. The highest BCUT2D eigenvalue weighted by molar-refractivity contribution is 6.31. The third kappa shape index (κ3) is 2.33. The van der Waals surface area contributed by atoms with Crippen molar-refractivity contribution in [1.29, 1.82) is 0 Å². The van der Waals surface area contributed by atoms with Crippen molar-refractivity contribution in [3.8, 4) is 22.3 Å². The van der Waals surface area contributed by atoms with Crippen LogP contribution in [0, 0.1) is 5.82 Å². The minimum absolute atomic E-state index is 0.231. The molecule has 126 valence electrons. The fourth-order valence-corrected chi connectivity index (χ4v) is 4.11. The van der Waals surface area contributed by atoms with Crippen LogP contribution in [-0.4, -0.2) is 4.98 Å². The molecule has 0 saturated heterocycles. The first kappa shape index (κ1) is 15.5. The zero-order valence-electron chi connectivity index (χ0n) is 14.0. The monoisotopic (exact) mass is 359 g/mol. The largest absolute Gasteiger partial charge is 0.252 e. The Kier molecular flexibility index (Phi) is 3.54. The number of aromatic nitrogens is 1. The van der Waals surface area contributed by atoms with Gasteiger partial charge in [-0.25, -0.2) is 4.39 Å². The summed E-state index contributed by atoms with van der Waals surface area (Å²) in [5, 5.41) is 1.51. The van der Waals surface area contributed by atoms with E-state index in [2.05, 4.69) is 18.2 Å². The van der Waals surface area contributed by atoms with Gasteiger partial charge in [0.25, 0.3) is 0 Å². The third-order valence-corrected chi connectivity index (χ3v) is 5.32. The van der Waals surface area contributed by atoms with Crippen molar-refractivity contribution in [2.45, 2.75) is 12.8 Å². The summed E-state index contributed by atoms with van der Waals surface area (Å²) in [6.07, 6.45) is 1.80. The molecule has 0 radical (unpaired) electrons. The van der Waals surface area contributed by atoms with Gasteiger partial charge in [-0.15, -0.1) is 0 Å². The smallest absolute Gasteiger partial charge is 0.131 e. The summed E-state index contributed by atoms with van der Waals surface area (Å²) in [6.45, 7) is 0. The Morgan fingerprint density at radius 1 is 0.808 bits per heavy atom. The molecule has 0 N–H and O–H groups in total. The van der Waals surface area contributed by atoms with Crippen LogP contribution in [0.15, 0.2) is 66.7 Å². The minimum Gasteiger partial charge on any atom is -0.252 e. The molecule has 1 aromatic heterocycles. The summed E-state index contributed by atoms with van der Waals surface area (Å²) in [5.74, 6) is -0.231. The van der Waals surface area contributed by atoms with Crippen LogP contribution < -0.4 is 0 Å². The standard InChI is InChI=1S/C23H15ClFN/c24-15-10-12-20-18(13-15)22(17-7-3-4-8-19(17)25)23-16-6-2-1-5-14(16)9-11-21(23)26-20/h1-8,10,12-13H,9,11H2. The molecule has 0 saturated carbocycles. The number of aryl methyl sites for hydroxylation is 2. The molecule has 3 heteroatoms. The first-order chi connectivity index (χ1) is 12.7. The van der Waals surface area contributed by atoms with Crippen LogP contribution in [0.1, 0.15) is 11.3 Å². The van der Waals surface area contributed by atoms with E-state index in [1.165, 1.54) is 11.6 Å². The van der Waals surface area contributed by atoms with Gasteiger partial charge in [0.05, 0.1) is 5.52 Å². The molecule has 1 aliphatic rings. The number of hydrogen-bond donors (Lipinski definition) is 0. The Hall–Kier alpha value is -2.71. The summed E-state index contributed by atoms with van der Waals surface area (Å²) in [5.41, 5.74) is 6.81. The molecule has 1 nitrogen and oxygen atoms in total. The van der Waals surface area contributed by atoms with E-state index in [9.17, 15) is 4.39 Å². The number of rotatable bonds is 1. The van der Waals surface area contributed by atoms with Crippen LogP contribution in [0.2, 0.25) is 5.02 Å². The molecule has 0 bridgehead atoms. The average Bonchev–Trinajstić information content (AvgIpc) is 2.67. The maximum absolute atomic E-state index is 14.8. The zero-order valence-corrected chi connectivity index (χ0v) is 14.7. The predicted octanol–water partition coefficient (Wildman–Crippen LogP) is 6.46. The lowest BCUT2D eigenvalue weighted by Gasteiger charge is -2.24. The number of halogens is 2. The molecule has 0 spiro atoms. The second-order valence-electron chi connectivity index (χ2n) is 6.61. The number of fused-ring (bicyclic) bond motifs is 4. The van der Waals surface area contributed by atoms with Crippen molar-refractivity contribution in [2.75, 3.05) is 0 Å². The average molecular weight is 360 g/mol. The Bertz CT molecular complexity index is 1170. The van der Waals surface area contributed by atoms with Gasteiger partial charge in [0.15, 0.2) is 0 Å². The number of nitrogens with zero attached hydrogens (tertiary/aromatic N) is 1. The maximum Gasteiger partial charge on any atom is 0.131 e. The summed E-state index contributed by atoms with van der Waals surface area (Å²) < 4.78 is 14.8. The molecular weight excluding hydrogens is 345 g/mol. The van der Waals surface area contributed by atoms with E-state index in [1.807, 2.05) is 36.4 Å². The number of benzene rings is 3. The van der Waals surface area contributed by atoms with E-state index in [0.717, 1.165) is 46.1 Å². The van der Waals surface area contributed by atoms with Gasteiger partial charge in [0.1, 0.15) is 5.82 Å². The molecule has 1 aliphatic carbocycles. The topological polar surface area (TPSA) is 12.9 Å². The lowest BCUT2D eigenvalue weighted by molar-refractivity contribution is 0.631. The molecular formula is C23H15ClFN. The summed E-state index contributed by atoms with van der Waals surface area (Å²) in [7, 11) is 0. The Labute approximate surface area is 156 Å². The van der Waals surface area contributed by atoms with Crippen molar-refractivity contribution < 1.29 is 4.39 Å². The van der Waals surface area contributed by atoms with Crippen LogP contribution in [0.3, 0.4) is 0 Å². The van der Waals surface area contributed by atoms with Gasteiger partial charge in [-0.05, 0) is 48.2 Å². The lowest BCUT2D eigenvalue weighted by atomic mass is 9.82. The Balaban J connectivity index is 1.98. The molecule has 0 atom stereocenters. The van der Waals surface area contributed by atoms with Crippen LogP contribution in [0.4, 0.5) is 4.39 Å². The highest BCUT2D eigenvalue weighted by Crippen LogP contribution is 2.44. The highest BCUT2D eigenvalue weighted by atomic mass is 35.5. The van der Waals surface area contributed by atoms with Gasteiger partial charge in [0.2, 0.25) is 0 Å². The molecule has 0 aliphatic heterocycles. The third-order valence-electron chi connectivity index (χ3n) is 5.08. The molecule has 0 amide bonds. The summed E-state index contributed by atoms with van der Waals surface area (Å²) in [6, 6.07) is 20.9. The predicted molar refractivity (Wildman–Crippen MR) is 105 cm³/mol. The summed E-state index contributed by atoms with van der Waals surface area (Å²) in [4.78, 5) is 4.89. The van der Waals surface area contributed by atoms with Crippen molar-refractivity contribution in [1.82, 2.24) is 4.98 Å². The normalized spacial score (nSPS) is 12.7. The summed E-state index contributed by atoms with van der Waals surface area (Å²) >= 11 is 6.28.